The van der Waals surface area contributed by atoms with Crippen molar-refractivity contribution in [3.05, 3.63) is 109 Å². The number of allylic oxidation sites excluding steroid dienone is 18. The van der Waals surface area contributed by atoms with Gasteiger partial charge in [0.1, 0.15) is 13.2 Å². The number of unbranched alkanes of at least 4 members (excludes halogenated alkanes) is 25. The number of hydrogen-bond donors (Lipinski definition) is 0. The smallest absolute Gasteiger partial charge is 0.306 e. The zero-order chi connectivity index (χ0) is 52.9. The Morgan fingerprint density at radius 3 is 0.836 bits per heavy atom. The van der Waals surface area contributed by atoms with Gasteiger partial charge in [0.15, 0.2) is 6.10 Å². The summed E-state index contributed by atoms with van der Waals surface area (Å²) in [6.07, 6.45) is 82.3. The van der Waals surface area contributed by atoms with Crippen LogP contribution in [0.1, 0.15) is 278 Å². The van der Waals surface area contributed by atoms with Gasteiger partial charge in [-0.05, 0) is 103 Å². The highest BCUT2D eigenvalue weighted by Crippen LogP contribution is 2.16. The second kappa shape index (κ2) is 60.6. The van der Waals surface area contributed by atoms with E-state index >= 15 is 0 Å². The Balaban J connectivity index is 4.30. The lowest BCUT2D eigenvalue weighted by molar-refractivity contribution is -0.167. The highest BCUT2D eigenvalue weighted by molar-refractivity contribution is 5.71. The van der Waals surface area contributed by atoms with Crippen LogP contribution >= 0.6 is 0 Å². The molecule has 6 heteroatoms. The molecule has 0 aliphatic rings. The van der Waals surface area contributed by atoms with Crippen LogP contribution in [-0.4, -0.2) is 37.2 Å². The molecule has 1 unspecified atom stereocenters. The molecule has 0 aliphatic carbocycles. The second-order valence-corrected chi connectivity index (χ2v) is 19.9. The number of esters is 3. The molecular weight excluding hydrogens is 901 g/mol. The average Bonchev–Trinajstić information content (AvgIpc) is 3.39. The minimum absolute atomic E-state index is 0.0874. The lowest BCUT2D eigenvalue weighted by Gasteiger charge is -2.18. The number of ether oxygens (including phenoxy) is 3. The number of carbonyl (C=O) groups is 3. The van der Waals surface area contributed by atoms with Gasteiger partial charge < -0.3 is 14.2 Å². The van der Waals surface area contributed by atoms with Gasteiger partial charge in [-0.25, -0.2) is 0 Å². The molecule has 0 saturated heterocycles. The summed E-state index contributed by atoms with van der Waals surface area (Å²) in [5.41, 5.74) is 0. The van der Waals surface area contributed by atoms with Crippen LogP contribution in [-0.2, 0) is 28.6 Å². The van der Waals surface area contributed by atoms with E-state index in [2.05, 4.69) is 130 Å². The summed E-state index contributed by atoms with van der Waals surface area (Å²) in [6.45, 7) is 6.39. The van der Waals surface area contributed by atoms with E-state index in [4.69, 9.17) is 14.2 Å². The van der Waals surface area contributed by atoms with Crippen LogP contribution in [0.25, 0.3) is 0 Å². The molecule has 416 valence electrons. The zero-order valence-corrected chi connectivity index (χ0v) is 47.6. The lowest BCUT2D eigenvalue weighted by atomic mass is 10.0. The average molecular weight is 1010 g/mol. The fourth-order valence-electron chi connectivity index (χ4n) is 8.28. The highest BCUT2D eigenvalue weighted by Gasteiger charge is 2.19. The quantitative estimate of drug-likeness (QED) is 0.0261. The van der Waals surface area contributed by atoms with Gasteiger partial charge in [0.2, 0.25) is 0 Å². The Morgan fingerprint density at radius 1 is 0.288 bits per heavy atom. The molecule has 0 radical (unpaired) electrons. The van der Waals surface area contributed by atoms with Gasteiger partial charge in [-0.3, -0.25) is 14.4 Å². The zero-order valence-electron chi connectivity index (χ0n) is 47.6. The van der Waals surface area contributed by atoms with Gasteiger partial charge in [0.05, 0.1) is 0 Å². The van der Waals surface area contributed by atoms with Gasteiger partial charge in [-0.15, -0.1) is 0 Å². The fraction of sp³-hybridized carbons (Fsp3) is 0.687. The van der Waals surface area contributed by atoms with Gasteiger partial charge in [0, 0.05) is 19.3 Å². The van der Waals surface area contributed by atoms with Crippen molar-refractivity contribution in [3.8, 4) is 0 Å². The summed E-state index contributed by atoms with van der Waals surface area (Å²) >= 11 is 0. The van der Waals surface area contributed by atoms with E-state index in [9.17, 15) is 14.4 Å². The molecule has 0 aromatic carbocycles. The Hall–Kier alpha value is -3.93. The maximum absolute atomic E-state index is 12.9. The Bertz CT molecular complexity index is 1490. The Kier molecular flexibility index (Phi) is 57.4. The van der Waals surface area contributed by atoms with Crippen molar-refractivity contribution in [1.82, 2.24) is 0 Å². The first-order valence-electron chi connectivity index (χ1n) is 30.4. The van der Waals surface area contributed by atoms with E-state index in [-0.39, 0.29) is 31.1 Å². The number of carbonyl (C=O) groups excluding carboxylic acids is 3. The van der Waals surface area contributed by atoms with Crippen LogP contribution in [0.15, 0.2) is 109 Å². The van der Waals surface area contributed by atoms with Gasteiger partial charge >= 0.3 is 17.9 Å². The van der Waals surface area contributed by atoms with Crippen LogP contribution < -0.4 is 0 Å². The molecule has 0 aromatic heterocycles. The monoisotopic (exact) mass is 1010 g/mol. The minimum Gasteiger partial charge on any atom is -0.462 e. The molecule has 0 saturated carbocycles. The topological polar surface area (TPSA) is 78.9 Å². The van der Waals surface area contributed by atoms with Crippen molar-refractivity contribution in [2.75, 3.05) is 13.2 Å². The van der Waals surface area contributed by atoms with Crippen molar-refractivity contribution in [1.29, 1.82) is 0 Å². The lowest BCUT2D eigenvalue weighted by Crippen LogP contribution is -2.30. The predicted octanol–water partition coefficient (Wildman–Crippen LogP) is 20.7. The molecule has 0 rings (SSSR count). The maximum atomic E-state index is 12.9. The molecule has 0 bridgehead atoms. The maximum Gasteiger partial charge on any atom is 0.306 e. The van der Waals surface area contributed by atoms with E-state index in [1.54, 1.807) is 0 Å². The third-order valence-electron chi connectivity index (χ3n) is 12.8. The summed E-state index contributed by atoms with van der Waals surface area (Å²) < 4.78 is 16.9. The Morgan fingerprint density at radius 2 is 0.534 bits per heavy atom. The summed E-state index contributed by atoms with van der Waals surface area (Å²) in [5, 5.41) is 0. The molecular formula is C67H112O6. The van der Waals surface area contributed by atoms with E-state index in [0.717, 1.165) is 128 Å². The van der Waals surface area contributed by atoms with Crippen LogP contribution in [0.3, 0.4) is 0 Å². The van der Waals surface area contributed by atoms with Crippen molar-refractivity contribution >= 4 is 17.9 Å². The molecule has 1 atom stereocenters. The van der Waals surface area contributed by atoms with E-state index in [1.807, 2.05) is 0 Å². The minimum atomic E-state index is -0.792. The van der Waals surface area contributed by atoms with Crippen LogP contribution in [0.4, 0.5) is 0 Å². The summed E-state index contributed by atoms with van der Waals surface area (Å²) in [7, 11) is 0. The second-order valence-electron chi connectivity index (χ2n) is 19.9. The SMILES string of the molecule is CC/C=C\C/C=C\C/C=C\C/C=C\C/C=C\CCCCCCCCCCCCCC(=O)OCC(COC(=O)CCCCCCCCCCCCC)OC(=O)CCCCCC/C=C\C/C=C\C/C=C\C/C=C\CC. The van der Waals surface area contributed by atoms with Crippen LogP contribution in [0.5, 0.6) is 0 Å². The van der Waals surface area contributed by atoms with Crippen molar-refractivity contribution in [2.24, 2.45) is 0 Å². The molecule has 73 heavy (non-hydrogen) atoms. The van der Waals surface area contributed by atoms with E-state index in [0.29, 0.717) is 19.3 Å². The van der Waals surface area contributed by atoms with Crippen LogP contribution in [0.2, 0.25) is 0 Å². The normalized spacial score (nSPS) is 12.9. The van der Waals surface area contributed by atoms with Crippen molar-refractivity contribution in [3.63, 3.8) is 0 Å². The van der Waals surface area contributed by atoms with E-state index in [1.165, 1.54) is 109 Å². The van der Waals surface area contributed by atoms with Crippen molar-refractivity contribution < 1.29 is 28.6 Å². The molecule has 0 spiro atoms. The number of hydrogen-bond acceptors (Lipinski definition) is 6. The third kappa shape index (κ3) is 58.8. The largest absolute Gasteiger partial charge is 0.462 e. The van der Waals surface area contributed by atoms with Gasteiger partial charge in [-0.2, -0.15) is 0 Å². The molecule has 0 fully saturated rings. The summed E-state index contributed by atoms with van der Waals surface area (Å²) in [4.78, 5) is 38.2. The molecule has 0 aliphatic heterocycles. The summed E-state index contributed by atoms with van der Waals surface area (Å²) in [5.74, 6) is -0.911. The first-order valence-corrected chi connectivity index (χ1v) is 30.4. The highest BCUT2D eigenvalue weighted by atomic mass is 16.6. The molecule has 6 nitrogen and oxygen atoms in total. The van der Waals surface area contributed by atoms with E-state index < -0.39 is 6.10 Å². The third-order valence-corrected chi connectivity index (χ3v) is 12.8. The molecule has 0 amide bonds. The number of rotatable bonds is 54. The first-order chi connectivity index (χ1) is 36.0. The molecule has 0 aromatic rings. The fourth-order valence-corrected chi connectivity index (χ4v) is 8.28. The summed E-state index contributed by atoms with van der Waals surface area (Å²) in [6, 6.07) is 0. The van der Waals surface area contributed by atoms with Gasteiger partial charge in [0.25, 0.3) is 0 Å². The predicted molar refractivity (Wildman–Crippen MR) is 316 cm³/mol. The Labute approximate surface area is 450 Å². The first kappa shape index (κ1) is 69.1. The van der Waals surface area contributed by atoms with Crippen LogP contribution in [0, 0.1) is 0 Å². The standard InChI is InChI=1S/C67H112O6/c1-4-7-10-13-16-19-22-24-26-28-29-30-31-32-33-34-35-36-37-39-40-42-45-48-51-54-57-60-66(69)72-63-64(62-71-65(68)59-56-53-50-47-44-21-18-15-12-9-6-3)73-67(70)61-58-55-52-49-46-43-41-38-27-25-23-20-17-14-11-8-5-2/h7-8,10-11,16-17,19-20,24-27,29-30,32-33,41,43,64H,4-6,9,12-15,18,21-23,28,31,34-40,42,44-63H2,1-3H3/b10-7-,11-8-,19-16-,20-17-,26-24-,27-25-,30-29-,33-32-,43-41-. The van der Waals surface area contributed by atoms with Crippen molar-refractivity contribution in [2.45, 2.75) is 284 Å². The molecule has 0 heterocycles. The molecule has 0 N–H and O–H groups in total. The van der Waals surface area contributed by atoms with Gasteiger partial charge in [-0.1, -0.05) is 265 Å².